The van der Waals surface area contributed by atoms with E-state index in [-0.39, 0.29) is 5.97 Å². The molecule has 0 bridgehead atoms. The first-order valence-corrected chi connectivity index (χ1v) is 6.96. The van der Waals surface area contributed by atoms with E-state index in [9.17, 15) is 4.79 Å². The fourth-order valence-electron chi connectivity index (χ4n) is 1.94. The minimum Gasteiger partial charge on any atom is -0.465 e. The quantitative estimate of drug-likeness (QED) is 0.870. The van der Waals surface area contributed by atoms with Crippen LogP contribution < -0.4 is 5.73 Å². The molecule has 2 rings (SSSR count). The molecule has 0 amide bonds. The standard InChI is InChI=1S/C15H17NO2S/c1-4-10-5-7-11(8-6-10)13-9(2)12(16)14(19-13)15(17)18-3/h5-8H,4,16H2,1-3H3. The number of anilines is 1. The number of nitrogen functional groups attached to an aromatic ring is 1. The first-order valence-electron chi connectivity index (χ1n) is 6.15. The number of esters is 1. The van der Waals surface area contributed by atoms with Crippen molar-refractivity contribution in [3.63, 3.8) is 0 Å². The van der Waals surface area contributed by atoms with Crippen LogP contribution in [0.25, 0.3) is 10.4 Å². The number of rotatable bonds is 3. The Labute approximate surface area is 117 Å². The second-order valence-corrected chi connectivity index (χ2v) is 5.36. The van der Waals surface area contributed by atoms with Gasteiger partial charge in [0, 0.05) is 4.88 Å². The lowest BCUT2D eigenvalue weighted by Gasteiger charge is -2.02. The Bertz CT molecular complexity index is 599. The number of thiophene rings is 1. The number of benzene rings is 1. The van der Waals surface area contributed by atoms with Gasteiger partial charge in [-0.3, -0.25) is 0 Å². The molecule has 3 nitrogen and oxygen atoms in total. The predicted molar refractivity (Wildman–Crippen MR) is 79.6 cm³/mol. The third-order valence-electron chi connectivity index (χ3n) is 3.19. The Morgan fingerprint density at radius 2 is 1.95 bits per heavy atom. The van der Waals surface area contributed by atoms with E-state index in [0.29, 0.717) is 10.6 Å². The van der Waals surface area contributed by atoms with E-state index in [1.165, 1.54) is 24.0 Å². The Kier molecular flexibility index (Phi) is 3.90. The van der Waals surface area contributed by atoms with Gasteiger partial charge < -0.3 is 10.5 Å². The highest BCUT2D eigenvalue weighted by molar-refractivity contribution is 7.18. The molecule has 0 aliphatic rings. The van der Waals surface area contributed by atoms with Crippen molar-refractivity contribution in [1.82, 2.24) is 0 Å². The third-order valence-corrected chi connectivity index (χ3v) is 4.53. The second-order valence-electron chi connectivity index (χ2n) is 4.34. The summed E-state index contributed by atoms with van der Waals surface area (Å²) in [4.78, 5) is 13.1. The Hall–Kier alpha value is -1.81. The molecule has 19 heavy (non-hydrogen) atoms. The van der Waals surface area contributed by atoms with Gasteiger partial charge in [0.15, 0.2) is 0 Å². The summed E-state index contributed by atoms with van der Waals surface area (Å²) in [6.07, 6.45) is 1.01. The highest BCUT2D eigenvalue weighted by Gasteiger charge is 2.19. The van der Waals surface area contributed by atoms with Crippen molar-refractivity contribution in [2.45, 2.75) is 20.3 Å². The lowest BCUT2D eigenvalue weighted by atomic mass is 10.1. The highest BCUT2D eigenvalue weighted by Crippen LogP contribution is 2.38. The number of hydrogen-bond donors (Lipinski definition) is 1. The number of hydrogen-bond acceptors (Lipinski definition) is 4. The molecule has 0 saturated carbocycles. The van der Waals surface area contributed by atoms with Crippen LogP contribution in [0.1, 0.15) is 27.7 Å². The summed E-state index contributed by atoms with van der Waals surface area (Å²) in [6.45, 7) is 4.06. The minimum atomic E-state index is -0.373. The van der Waals surface area contributed by atoms with Crippen molar-refractivity contribution >= 4 is 23.0 Å². The van der Waals surface area contributed by atoms with Crippen LogP contribution in [0, 0.1) is 6.92 Å². The van der Waals surface area contributed by atoms with E-state index >= 15 is 0 Å². The molecule has 1 heterocycles. The van der Waals surface area contributed by atoms with Crippen molar-refractivity contribution in [1.29, 1.82) is 0 Å². The molecule has 1 aromatic heterocycles. The average molecular weight is 275 g/mol. The molecule has 0 aliphatic carbocycles. The molecule has 100 valence electrons. The van der Waals surface area contributed by atoms with Gasteiger partial charge in [0.1, 0.15) is 4.88 Å². The molecule has 2 N–H and O–H groups in total. The van der Waals surface area contributed by atoms with Crippen molar-refractivity contribution in [2.75, 3.05) is 12.8 Å². The molecule has 0 aliphatic heterocycles. The van der Waals surface area contributed by atoms with Crippen molar-refractivity contribution in [3.8, 4) is 10.4 Å². The smallest absolute Gasteiger partial charge is 0.350 e. The van der Waals surface area contributed by atoms with Gasteiger partial charge >= 0.3 is 5.97 Å². The SMILES string of the molecule is CCc1ccc(-c2sc(C(=O)OC)c(N)c2C)cc1. The first kappa shape index (κ1) is 13.6. The molecular weight excluding hydrogens is 258 g/mol. The van der Waals surface area contributed by atoms with E-state index in [1.54, 1.807) is 0 Å². The molecule has 0 radical (unpaired) electrons. The molecular formula is C15H17NO2S. The number of methoxy groups -OCH3 is 1. The van der Waals surface area contributed by atoms with Crippen LogP contribution in [0.2, 0.25) is 0 Å². The monoisotopic (exact) mass is 275 g/mol. The van der Waals surface area contributed by atoms with Gasteiger partial charge in [-0.1, -0.05) is 31.2 Å². The van der Waals surface area contributed by atoms with Gasteiger partial charge in [0.2, 0.25) is 0 Å². The van der Waals surface area contributed by atoms with Crippen LogP contribution in [0.4, 0.5) is 5.69 Å². The summed E-state index contributed by atoms with van der Waals surface area (Å²) in [5, 5.41) is 0. The summed E-state index contributed by atoms with van der Waals surface area (Å²) in [7, 11) is 1.37. The van der Waals surface area contributed by atoms with E-state index in [4.69, 9.17) is 10.5 Å². The molecule has 0 spiro atoms. The third kappa shape index (κ3) is 2.49. The Morgan fingerprint density at radius 3 is 2.47 bits per heavy atom. The molecule has 0 unspecified atom stereocenters. The fourth-order valence-corrected chi connectivity index (χ4v) is 3.09. The largest absolute Gasteiger partial charge is 0.465 e. The van der Waals surface area contributed by atoms with Crippen molar-refractivity contribution in [3.05, 3.63) is 40.3 Å². The van der Waals surface area contributed by atoms with E-state index < -0.39 is 0 Å². The van der Waals surface area contributed by atoms with Crippen molar-refractivity contribution < 1.29 is 9.53 Å². The second kappa shape index (κ2) is 5.45. The van der Waals surface area contributed by atoms with Crippen LogP contribution in [-0.4, -0.2) is 13.1 Å². The zero-order valence-electron chi connectivity index (χ0n) is 11.3. The van der Waals surface area contributed by atoms with Gasteiger partial charge in [-0.25, -0.2) is 4.79 Å². The molecule has 0 fully saturated rings. The normalized spacial score (nSPS) is 10.5. The number of carbonyl (C=O) groups excluding carboxylic acids is 1. The highest BCUT2D eigenvalue weighted by atomic mass is 32.1. The lowest BCUT2D eigenvalue weighted by molar-refractivity contribution is 0.0607. The minimum absolute atomic E-state index is 0.373. The summed E-state index contributed by atoms with van der Waals surface area (Å²) < 4.78 is 4.75. The van der Waals surface area contributed by atoms with Crippen LogP contribution in [0.3, 0.4) is 0 Å². The van der Waals surface area contributed by atoms with Crippen LogP contribution in [0.5, 0.6) is 0 Å². The zero-order valence-corrected chi connectivity index (χ0v) is 12.1. The van der Waals surface area contributed by atoms with Crippen LogP contribution in [-0.2, 0) is 11.2 Å². The summed E-state index contributed by atoms with van der Waals surface area (Å²) in [5.41, 5.74) is 9.82. The maximum atomic E-state index is 11.6. The lowest BCUT2D eigenvalue weighted by Crippen LogP contribution is -2.01. The topological polar surface area (TPSA) is 52.3 Å². The molecule has 2 aromatic rings. The van der Waals surface area contributed by atoms with Gasteiger partial charge in [-0.2, -0.15) is 0 Å². The summed E-state index contributed by atoms with van der Waals surface area (Å²) in [5.74, 6) is -0.373. The molecule has 4 heteroatoms. The molecule has 0 saturated heterocycles. The predicted octanol–water partition coefficient (Wildman–Crippen LogP) is 3.65. The van der Waals surface area contributed by atoms with Gasteiger partial charge in [0.25, 0.3) is 0 Å². The first-order chi connectivity index (χ1) is 9.08. The van der Waals surface area contributed by atoms with E-state index in [1.807, 2.05) is 6.92 Å². The Morgan fingerprint density at radius 1 is 1.32 bits per heavy atom. The van der Waals surface area contributed by atoms with Gasteiger partial charge in [-0.15, -0.1) is 11.3 Å². The van der Waals surface area contributed by atoms with Gasteiger partial charge in [-0.05, 0) is 30.0 Å². The van der Waals surface area contributed by atoms with Crippen LogP contribution >= 0.6 is 11.3 Å². The van der Waals surface area contributed by atoms with E-state index in [2.05, 4.69) is 31.2 Å². The average Bonchev–Trinajstić information content (AvgIpc) is 2.75. The maximum Gasteiger partial charge on any atom is 0.350 e. The number of ether oxygens (including phenoxy) is 1. The molecule has 1 aromatic carbocycles. The summed E-state index contributed by atoms with van der Waals surface area (Å²) in [6, 6.07) is 8.33. The van der Waals surface area contributed by atoms with Gasteiger partial charge in [0.05, 0.1) is 12.8 Å². The van der Waals surface area contributed by atoms with Crippen molar-refractivity contribution in [2.24, 2.45) is 0 Å². The zero-order chi connectivity index (χ0) is 14.0. The summed E-state index contributed by atoms with van der Waals surface area (Å²) >= 11 is 1.39. The molecule has 0 atom stereocenters. The maximum absolute atomic E-state index is 11.6. The fraction of sp³-hybridized carbons (Fsp3) is 0.267. The van der Waals surface area contributed by atoms with E-state index in [0.717, 1.165) is 22.4 Å². The Balaban J connectivity index is 2.47. The van der Waals surface area contributed by atoms with Crippen LogP contribution in [0.15, 0.2) is 24.3 Å². The number of carbonyl (C=O) groups is 1. The number of nitrogens with two attached hydrogens (primary N) is 1. The number of aryl methyl sites for hydroxylation is 1.